The molecule has 0 aliphatic carbocycles. The summed E-state index contributed by atoms with van der Waals surface area (Å²) in [5.41, 5.74) is 6.83. The summed E-state index contributed by atoms with van der Waals surface area (Å²) >= 11 is 0. The van der Waals surface area contributed by atoms with E-state index in [-0.39, 0.29) is 22.9 Å². The minimum atomic E-state index is -0.887. The lowest BCUT2D eigenvalue weighted by Crippen LogP contribution is -2.47. The molecular weight excluding hydrogens is 278 g/mol. The van der Waals surface area contributed by atoms with Gasteiger partial charge in [0.2, 0.25) is 5.91 Å². The minimum Gasteiger partial charge on any atom is -0.368 e. The van der Waals surface area contributed by atoms with Gasteiger partial charge >= 0.3 is 0 Å². The first kappa shape index (κ1) is 16.4. The van der Waals surface area contributed by atoms with Crippen LogP contribution >= 0.6 is 0 Å². The van der Waals surface area contributed by atoms with Crippen LogP contribution < -0.4 is 22.3 Å². The van der Waals surface area contributed by atoms with Crippen LogP contribution in [0.15, 0.2) is 18.2 Å². The SMILES string of the molecule is CC(C)C(NC(=O)c1cccc([N+](=O)[O-])c1NN)C(N)=O. The van der Waals surface area contributed by atoms with E-state index in [0.717, 1.165) is 0 Å². The average Bonchev–Trinajstić information content (AvgIpc) is 2.42. The van der Waals surface area contributed by atoms with Crippen molar-refractivity contribution in [2.75, 3.05) is 5.43 Å². The molecule has 2 amide bonds. The van der Waals surface area contributed by atoms with Crippen molar-refractivity contribution in [2.45, 2.75) is 19.9 Å². The smallest absolute Gasteiger partial charge is 0.294 e. The maximum Gasteiger partial charge on any atom is 0.294 e. The molecule has 1 aromatic carbocycles. The Morgan fingerprint density at radius 2 is 1.95 bits per heavy atom. The van der Waals surface area contributed by atoms with Crippen LogP contribution in [-0.4, -0.2) is 22.8 Å². The Hall–Kier alpha value is -2.68. The van der Waals surface area contributed by atoms with Crippen LogP contribution in [0.2, 0.25) is 0 Å². The van der Waals surface area contributed by atoms with E-state index in [9.17, 15) is 19.7 Å². The van der Waals surface area contributed by atoms with Crippen molar-refractivity contribution < 1.29 is 14.5 Å². The largest absolute Gasteiger partial charge is 0.368 e. The standard InChI is InChI=1S/C12H17N5O4/c1-6(2)9(11(13)18)15-12(19)7-4-3-5-8(17(20)21)10(7)16-14/h3-6,9,16H,14H2,1-2H3,(H2,13,18)(H,15,19). The minimum absolute atomic E-state index is 0.0430. The van der Waals surface area contributed by atoms with Crippen LogP contribution in [0.1, 0.15) is 24.2 Å². The molecule has 21 heavy (non-hydrogen) atoms. The van der Waals surface area contributed by atoms with E-state index < -0.39 is 22.8 Å². The molecule has 0 aromatic heterocycles. The number of primary amides is 1. The van der Waals surface area contributed by atoms with Crippen molar-refractivity contribution in [3.63, 3.8) is 0 Å². The number of carbonyl (C=O) groups excluding carboxylic acids is 2. The van der Waals surface area contributed by atoms with Crippen LogP contribution in [0.5, 0.6) is 0 Å². The third kappa shape index (κ3) is 3.66. The zero-order valence-corrected chi connectivity index (χ0v) is 11.6. The van der Waals surface area contributed by atoms with Gasteiger partial charge in [0.1, 0.15) is 11.7 Å². The molecule has 0 saturated heterocycles. The van der Waals surface area contributed by atoms with Gasteiger partial charge in [-0.3, -0.25) is 25.5 Å². The molecule has 0 radical (unpaired) electrons. The highest BCUT2D eigenvalue weighted by atomic mass is 16.6. The van der Waals surface area contributed by atoms with E-state index in [1.807, 2.05) is 0 Å². The van der Waals surface area contributed by atoms with Crippen LogP contribution in [0.4, 0.5) is 11.4 Å². The summed E-state index contributed by atoms with van der Waals surface area (Å²) < 4.78 is 0. The number of nitrogens with two attached hydrogens (primary N) is 2. The summed E-state index contributed by atoms with van der Waals surface area (Å²) in [5.74, 6) is 3.66. The lowest BCUT2D eigenvalue weighted by atomic mass is 10.0. The zero-order valence-electron chi connectivity index (χ0n) is 11.6. The van der Waals surface area contributed by atoms with E-state index in [1.165, 1.54) is 18.2 Å². The number of para-hydroxylation sites is 1. The van der Waals surface area contributed by atoms with Gasteiger partial charge in [0.25, 0.3) is 11.6 Å². The first-order valence-corrected chi connectivity index (χ1v) is 6.13. The molecule has 0 spiro atoms. The summed E-state index contributed by atoms with van der Waals surface area (Å²) in [4.78, 5) is 33.7. The number of nitrogens with zero attached hydrogens (tertiary/aromatic N) is 1. The van der Waals surface area contributed by atoms with Crippen molar-refractivity contribution >= 4 is 23.2 Å². The van der Waals surface area contributed by atoms with Gasteiger partial charge in [0.05, 0.1) is 10.5 Å². The molecule has 114 valence electrons. The van der Waals surface area contributed by atoms with Crippen LogP contribution in [0.3, 0.4) is 0 Å². The number of nitrogen functional groups attached to an aromatic ring is 1. The Kier molecular flexibility index (Phi) is 5.19. The van der Waals surface area contributed by atoms with Gasteiger partial charge in [-0.15, -0.1) is 0 Å². The van der Waals surface area contributed by atoms with Crippen LogP contribution in [-0.2, 0) is 4.79 Å². The van der Waals surface area contributed by atoms with Gasteiger partial charge < -0.3 is 16.5 Å². The average molecular weight is 295 g/mol. The van der Waals surface area contributed by atoms with Crippen molar-refractivity contribution in [3.8, 4) is 0 Å². The number of carbonyl (C=O) groups is 2. The van der Waals surface area contributed by atoms with Gasteiger partial charge in [-0.1, -0.05) is 19.9 Å². The number of hydrogen-bond acceptors (Lipinski definition) is 6. The fourth-order valence-electron chi connectivity index (χ4n) is 1.82. The number of nitrogens with one attached hydrogen (secondary N) is 2. The second-order valence-corrected chi connectivity index (χ2v) is 4.70. The first-order valence-electron chi connectivity index (χ1n) is 6.13. The topological polar surface area (TPSA) is 153 Å². The maximum absolute atomic E-state index is 12.2. The van der Waals surface area contributed by atoms with E-state index in [0.29, 0.717) is 0 Å². The molecule has 0 bridgehead atoms. The van der Waals surface area contributed by atoms with Gasteiger partial charge in [-0.2, -0.15) is 0 Å². The third-order valence-corrected chi connectivity index (χ3v) is 2.89. The van der Waals surface area contributed by atoms with E-state index in [1.54, 1.807) is 13.8 Å². The molecule has 1 atom stereocenters. The first-order chi connectivity index (χ1) is 9.79. The molecule has 0 aliphatic rings. The van der Waals surface area contributed by atoms with Crippen molar-refractivity contribution in [1.29, 1.82) is 0 Å². The van der Waals surface area contributed by atoms with Gasteiger partial charge in [0.15, 0.2) is 0 Å². The molecule has 1 rings (SSSR count). The normalized spacial score (nSPS) is 11.8. The summed E-state index contributed by atoms with van der Waals surface area (Å²) in [7, 11) is 0. The van der Waals surface area contributed by atoms with Crippen LogP contribution in [0, 0.1) is 16.0 Å². The van der Waals surface area contributed by atoms with Crippen molar-refractivity contribution in [3.05, 3.63) is 33.9 Å². The molecule has 1 aromatic rings. The molecular formula is C12H17N5O4. The van der Waals surface area contributed by atoms with E-state index >= 15 is 0 Å². The van der Waals surface area contributed by atoms with Crippen molar-refractivity contribution in [2.24, 2.45) is 17.5 Å². The lowest BCUT2D eigenvalue weighted by Gasteiger charge is -2.19. The molecule has 6 N–H and O–H groups in total. The Balaban J connectivity index is 3.16. The fraction of sp³-hybridized carbons (Fsp3) is 0.333. The third-order valence-electron chi connectivity index (χ3n) is 2.89. The molecule has 1 unspecified atom stereocenters. The van der Waals surface area contributed by atoms with Crippen molar-refractivity contribution in [1.82, 2.24) is 5.32 Å². The Labute approximate surface area is 120 Å². The summed E-state index contributed by atoms with van der Waals surface area (Å²) in [5, 5.41) is 13.3. The highest BCUT2D eigenvalue weighted by Crippen LogP contribution is 2.27. The second-order valence-electron chi connectivity index (χ2n) is 4.70. The monoisotopic (exact) mass is 295 g/mol. The molecule has 0 saturated carbocycles. The van der Waals surface area contributed by atoms with Gasteiger partial charge in [0, 0.05) is 6.07 Å². The second kappa shape index (κ2) is 6.66. The summed E-state index contributed by atoms with van der Waals surface area (Å²) in [6, 6.07) is 3.03. The number of rotatable bonds is 6. The summed E-state index contributed by atoms with van der Waals surface area (Å²) in [6.45, 7) is 3.43. The Bertz CT molecular complexity index is 573. The van der Waals surface area contributed by atoms with E-state index in [2.05, 4.69) is 10.7 Å². The quantitative estimate of drug-likeness (QED) is 0.332. The van der Waals surface area contributed by atoms with Gasteiger partial charge in [-0.05, 0) is 12.0 Å². The molecule has 9 heteroatoms. The fourth-order valence-corrected chi connectivity index (χ4v) is 1.82. The Morgan fingerprint density at radius 3 is 2.38 bits per heavy atom. The van der Waals surface area contributed by atoms with Crippen LogP contribution in [0.25, 0.3) is 0 Å². The number of anilines is 1. The predicted molar refractivity (Wildman–Crippen MR) is 76.2 cm³/mol. The van der Waals surface area contributed by atoms with E-state index in [4.69, 9.17) is 11.6 Å². The number of nitro benzene ring substituents is 1. The number of nitro groups is 1. The number of benzene rings is 1. The number of amides is 2. The summed E-state index contributed by atoms with van der Waals surface area (Å²) in [6.07, 6.45) is 0. The highest BCUT2D eigenvalue weighted by molar-refractivity contribution is 6.03. The molecule has 0 fully saturated rings. The molecule has 0 heterocycles. The zero-order chi connectivity index (χ0) is 16.2. The predicted octanol–water partition coefficient (Wildman–Crippen LogP) is 0.120. The lowest BCUT2D eigenvalue weighted by molar-refractivity contribution is -0.384. The molecule has 9 nitrogen and oxygen atoms in total. The maximum atomic E-state index is 12.2. The number of hydrogen-bond donors (Lipinski definition) is 4. The highest BCUT2D eigenvalue weighted by Gasteiger charge is 2.26. The number of hydrazine groups is 1. The van der Waals surface area contributed by atoms with Gasteiger partial charge in [-0.25, -0.2) is 0 Å². The molecule has 0 aliphatic heterocycles. The Morgan fingerprint density at radius 1 is 1.33 bits per heavy atom.